The van der Waals surface area contributed by atoms with Crippen molar-refractivity contribution in [3.8, 4) is 22.9 Å². The predicted octanol–water partition coefficient (Wildman–Crippen LogP) is 2.32. The number of rotatable bonds is 10. The lowest BCUT2D eigenvalue weighted by atomic mass is 10.2. The fourth-order valence-corrected chi connectivity index (χ4v) is 2.80. The predicted molar refractivity (Wildman–Crippen MR) is 113 cm³/mol. The molecule has 0 saturated carbocycles. The molecule has 0 radical (unpaired) electrons. The summed E-state index contributed by atoms with van der Waals surface area (Å²) in [5, 5.41) is 18.7. The number of hydrogen-bond donors (Lipinski definition) is 3. The van der Waals surface area contributed by atoms with Gasteiger partial charge in [-0.1, -0.05) is 5.16 Å². The molecule has 0 saturated heterocycles. The number of nitrogens with zero attached hydrogens (tertiary/aromatic N) is 2. The number of aromatic hydroxyl groups is 1. The van der Waals surface area contributed by atoms with Gasteiger partial charge in [0.25, 0.3) is 5.91 Å². The Labute approximate surface area is 179 Å². The number of phenolic OH excluding ortho intramolecular Hbond substituents is 1. The van der Waals surface area contributed by atoms with Crippen LogP contribution in [-0.2, 0) is 11.2 Å². The monoisotopic (exact) mass is 424 g/mol. The molecule has 3 aromatic rings. The Balaban J connectivity index is 1.32. The van der Waals surface area contributed by atoms with Crippen molar-refractivity contribution in [2.75, 3.05) is 20.2 Å². The van der Waals surface area contributed by atoms with E-state index >= 15 is 0 Å². The van der Waals surface area contributed by atoms with E-state index in [1.807, 2.05) is 24.3 Å². The third-order valence-corrected chi connectivity index (χ3v) is 4.47. The lowest BCUT2D eigenvalue weighted by Crippen LogP contribution is -2.34. The SMILES string of the molecule is COc1ccc(-c2noc(CCCC(=O)NCCNC(=O)c3ccc(O)cc3)n2)cc1. The van der Waals surface area contributed by atoms with Gasteiger partial charge in [-0.05, 0) is 55.0 Å². The van der Waals surface area contributed by atoms with E-state index in [9.17, 15) is 14.7 Å². The van der Waals surface area contributed by atoms with Crippen molar-refractivity contribution in [2.45, 2.75) is 19.3 Å². The molecule has 3 rings (SSSR count). The first-order valence-corrected chi connectivity index (χ1v) is 9.86. The number of nitrogens with one attached hydrogen (secondary N) is 2. The molecule has 2 amide bonds. The summed E-state index contributed by atoms with van der Waals surface area (Å²) in [6.07, 6.45) is 1.37. The molecule has 0 atom stereocenters. The van der Waals surface area contributed by atoms with E-state index in [1.54, 1.807) is 7.11 Å². The average Bonchev–Trinajstić information content (AvgIpc) is 3.26. The molecule has 31 heavy (non-hydrogen) atoms. The topological polar surface area (TPSA) is 127 Å². The Hall–Kier alpha value is -3.88. The molecule has 0 aliphatic heterocycles. The van der Waals surface area contributed by atoms with Crippen molar-refractivity contribution >= 4 is 11.8 Å². The van der Waals surface area contributed by atoms with Gasteiger partial charge in [-0.15, -0.1) is 0 Å². The fraction of sp³-hybridized carbons (Fsp3) is 0.273. The third kappa shape index (κ3) is 6.56. The summed E-state index contributed by atoms with van der Waals surface area (Å²) in [6.45, 7) is 0.630. The van der Waals surface area contributed by atoms with Crippen LogP contribution in [0, 0.1) is 0 Å². The largest absolute Gasteiger partial charge is 0.508 e. The van der Waals surface area contributed by atoms with Crippen molar-refractivity contribution in [3.63, 3.8) is 0 Å². The average molecular weight is 424 g/mol. The van der Waals surface area contributed by atoms with Crippen LogP contribution in [0.3, 0.4) is 0 Å². The van der Waals surface area contributed by atoms with Crippen LogP contribution < -0.4 is 15.4 Å². The van der Waals surface area contributed by atoms with E-state index in [0.717, 1.165) is 11.3 Å². The Kier molecular flexibility index (Phi) is 7.58. The molecule has 9 heteroatoms. The van der Waals surface area contributed by atoms with Gasteiger partial charge in [0.15, 0.2) is 0 Å². The second-order valence-corrected chi connectivity index (χ2v) is 6.75. The number of amides is 2. The molecule has 0 spiro atoms. The van der Waals surface area contributed by atoms with Crippen LogP contribution in [0.2, 0.25) is 0 Å². The molecule has 0 fully saturated rings. The number of carbonyl (C=O) groups excluding carboxylic acids is 2. The maximum atomic E-state index is 11.9. The molecular formula is C22H24N4O5. The van der Waals surface area contributed by atoms with Crippen molar-refractivity contribution in [1.82, 2.24) is 20.8 Å². The zero-order valence-electron chi connectivity index (χ0n) is 17.1. The number of benzene rings is 2. The Morgan fingerprint density at radius 3 is 2.45 bits per heavy atom. The number of phenols is 1. The summed E-state index contributed by atoms with van der Waals surface area (Å²) in [7, 11) is 1.60. The molecule has 1 aromatic heterocycles. The molecule has 0 aliphatic carbocycles. The van der Waals surface area contributed by atoms with Gasteiger partial charge in [0.1, 0.15) is 11.5 Å². The minimum atomic E-state index is -0.265. The summed E-state index contributed by atoms with van der Waals surface area (Å²) < 4.78 is 10.4. The zero-order chi connectivity index (χ0) is 22.1. The second kappa shape index (κ2) is 10.8. The summed E-state index contributed by atoms with van der Waals surface area (Å²) in [6, 6.07) is 13.3. The van der Waals surface area contributed by atoms with E-state index in [-0.39, 0.29) is 17.6 Å². The van der Waals surface area contributed by atoms with E-state index < -0.39 is 0 Å². The molecule has 0 unspecified atom stereocenters. The van der Waals surface area contributed by atoms with Gasteiger partial charge < -0.3 is 25.0 Å². The van der Waals surface area contributed by atoms with Gasteiger partial charge in [0, 0.05) is 37.1 Å². The highest BCUT2D eigenvalue weighted by Crippen LogP contribution is 2.20. The molecule has 9 nitrogen and oxygen atoms in total. The van der Waals surface area contributed by atoms with Crippen LogP contribution >= 0.6 is 0 Å². The van der Waals surface area contributed by atoms with Gasteiger partial charge in [0.05, 0.1) is 7.11 Å². The molecule has 162 valence electrons. The van der Waals surface area contributed by atoms with Crippen molar-refractivity contribution in [2.24, 2.45) is 0 Å². The number of aromatic nitrogens is 2. The van der Waals surface area contributed by atoms with E-state index in [1.165, 1.54) is 24.3 Å². The van der Waals surface area contributed by atoms with Crippen LogP contribution in [0.25, 0.3) is 11.4 Å². The molecule has 2 aromatic carbocycles. The van der Waals surface area contributed by atoms with Crippen molar-refractivity contribution in [1.29, 1.82) is 0 Å². The quantitative estimate of drug-likeness (QED) is 0.426. The number of methoxy groups -OCH3 is 1. The summed E-state index contributed by atoms with van der Waals surface area (Å²) in [5.41, 5.74) is 1.26. The van der Waals surface area contributed by atoms with E-state index in [0.29, 0.717) is 49.6 Å². The lowest BCUT2D eigenvalue weighted by Gasteiger charge is -2.07. The first kappa shape index (κ1) is 21.8. The van der Waals surface area contributed by atoms with Crippen LogP contribution in [-0.4, -0.2) is 47.3 Å². The Morgan fingerprint density at radius 2 is 1.74 bits per heavy atom. The summed E-state index contributed by atoms with van der Waals surface area (Å²) >= 11 is 0. The van der Waals surface area contributed by atoms with E-state index in [2.05, 4.69) is 20.8 Å². The number of hydrogen-bond acceptors (Lipinski definition) is 7. The minimum absolute atomic E-state index is 0.0984. The first-order chi connectivity index (χ1) is 15.0. The minimum Gasteiger partial charge on any atom is -0.508 e. The smallest absolute Gasteiger partial charge is 0.251 e. The van der Waals surface area contributed by atoms with Gasteiger partial charge in [0.2, 0.25) is 17.6 Å². The van der Waals surface area contributed by atoms with Gasteiger partial charge >= 0.3 is 0 Å². The lowest BCUT2D eigenvalue weighted by molar-refractivity contribution is -0.121. The highest BCUT2D eigenvalue weighted by molar-refractivity contribution is 5.94. The van der Waals surface area contributed by atoms with Crippen LogP contribution in [0.4, 0.5) is 0 Å². The maximum absolute atomic E-state index is 11.9. The summed E-state index contributed by atoms with van der Waals surface area (Å²) in [5.74, 6) is 1.43. The molecule has 0 aliphatic rings. The standard InChI is InChI=1S/C22H24N4O5/c1-30-18-11-7-15(8-12-18)21-25-20(31-26-21)4-2-3-19(28)23-13-14-24-22(29)16-5-9-17(27)10-6-16/h5-12,27H,2-4,13-14H2,1H3,(H,23,28)(H,24,29). The van der Waals surface area contributed by atoms with E-state index in [4.69, 9.17) is 9.26 Å². The molecule has 1 heterocycles. The number of aryl methyl sites for hydroxylation is 1. The van der Waals surface area contributed by atoms with Gasteiger partial charge in [-0.3, -0.25) is 9.59 Å². The first-order valence-electron chi connectivity index (χ1n) is 9.86. The molecular weight excluding hydrogens is 400 g/mol. The fourth-order valence-electron chi connectivity index (χ4n) is 2.80. The highest BCUT2D eigenvalue weighted by atomic mass is 16.5. The van der Waals surface area contributed by atoms with Gasteiger partial charge in [-0.2, -0.15) is 4.98 Å². The van der Waals surface area contributed by atoms with Gasteiger partial charge in [-0.25, -0.2) is 0 Å². The third-order valence-electron chi connectivity index (χ3n) is 4.47. The van der Waals surface area contributed by atoms with Crippen LogP contribution in [0.1, 0.15) is 29.1 Å². The number of ether oxygens (including phenoxy) is 1. The Morgan fingerprint density at radius 1 is 1.03 bits per heavy atom. The Bertz CT molecular complexity index is 1000. The number of carbonyl (C=O) groups is 2. The van der Waals surface area contributed by atoms with Crippen molar-refractivity contribution in [3.05, 3.63) is 60.0 Å². The highest BCUT2D eigenvalue weighted by Gasteiger charge is 2.10. The molecule has 0 bridgehead atoms. The second-order valence-electron chi connectivity index (χ2n) is 6.75. The molecule has 3 N–H and O–H groups in total. The summed E-state index contributed by atoms with van der Waals surface area (Å²) in [4.78, 5) is 28.2. The zero-order valence-corrected chi connectivity index (χ0v) is 17.1. The van der Waals surface area contributed by atoms with Crippen molar-refractivity contribution < 1.29 is 24.0 Å². The normalized spacial score (nSPS) is 10.5. The van der Waals surface area contributed by atoms with Crippen LogP contribution in [0.5, 0.6) is 11.5 Å². The van der Waals surface area contributed by atoms with Crippen LogP contribution in [0.15, 0.2) is 53.1 Å². The maximum Gasteiger partial charge on any atom is 0.251 e.